The number of nitrogens with two attached hydrogens (primary N) is 1. The predicted molar refractivity (Wildman–Crippen MR) is 53.5 cm³/mol. The van der Waals surface area contributed by atoms with E-state index in [1.807, 2.05) is 6.92 Å². The molecule has 0 amide bonds. The van der Waals surface area contributed by atoms with Crippen LogP contribution >= 0.6 is 0 Å². The first-order valence-corrected chi connectivity index (χ1v) is 4.57. The lowest BCUT2D eigenvalue weighted by Gasteiger charge is -2.28. The molecule has 0 aromatic carbocycles. The maximum absolute atomic E-state index is 7.31. The summed E-state index contributed by atoms with van der Waals surface area (Å²) < 4.78 is 0. The van der Waals surface area contributed by atoms with E-state index < -0.39 is 0 Å². The summed E-state index contributed by atoms with van der Waals surface area (Å²) in [5, 5.41) is 7.31. The molecule has 0 spiro atoms. The van der Waals surface area contributed by atoms with Crippen molar-refractivity contribution in [3.8, 4) is 0 Å². The topological polar surface area (TPSA) is 53.1 Å². The quantitative estimate of drug-likeness (QED) is 0.484. The van der Waals surface area contributed by atoms with Gasteiger partial charge in [0.25, 0.3) is 0 Å². The van der Waals surface area contributed by atoms with E-state index in [2.05, 4.69) is 25.7 Å². The molecule has 0 fully saturated rings. The Morgan fingerprint density at radius 2 is 1.92 bits per heavy atom. The first-order chi connectivity index (χ1) is 5.49. The zero-order valence-electron chi connectivity index (χ0n) is 8.59. The molecule has 0 aliphatic rings. The highest BCUT2D eigenvalue weighted by Crippen LogP contribution is 2.03. The van der Waals surface area contributed by atoms with Gasteiger partial charge in [-0.15, -0.1) is 0 Å². The Morgan fingerprint density at radius 1 is 1.42 bits per heavy atom. The fourth-order valence-corrected chi connectivity index (χ4v) is 1.23. The zero-order valence-corrected chi connectivity index (χ0v) is 8.59. The maximum Gasteiger partial charge on any atom is 0.108 e. The molecule has 1 unspecified atom stereocenters. The monoisotopic (exact) mass is 171 g/mol. The first kappa shape index (κ1) is 11.4. The molecule has 0 radical (unpaired) electrons. The second-order valence-corrected chi connectivity index (χ2v) is 3.61. The van der Waals surface area contributed by atoms with Gasteiger partial charge in [-0.05, 0) is 19.4 Å². The molecular formula is C9H21N3. The predicted octanol–water partition coefficient (Wildman–Crippen LogP) is 1.29. The highest BCUT2D eigenvalue weighted by Gasteiger charge is 2.14. The molecule has 3 nitrogen and oxygen atoms in total. The van der Waals surface area contributed by atoms with Gasteiger partial charge < -0.3 is 5.73 Å². The Bertz CT molecular complexity index is 143. The molecule has 0 saturated carbocycles. The Balaban J connectivity index is 4.05. The van der Waals surface area contributed by atoms with E-state index in [1.165, 1.54) is 0 Å². The van der Waals surface area contributed by atoms with Gasteiger partial charge in [0.05, 0.1) is 6.04 Å². The molecule has 0 saturated heterocycles. The van der Waals surface area contributed by atoms with Crippen molar-refractivity contribution in [3.05, 3.63) is 0 Å². The molecule has 12 heavy (non-hydrogen) atoms. The van der Waals surface area contributed by atoms with Gasteiger partial charge in [0.2, 0.25) is 0 Å². The molecule has 0 aromatic rings. The lowest BCUT2D eigenvalue weighted by atomic mass is 10.1. The van der Waals surface area contributed by atoms with Crippen molar-refractivity contribution in [1.29, 1.82) is 5.41 Å². The van der Waals surface area contributed by atoms with Gasteiger partial charge >= 0.3 is 0 Å². The molecule has 0 aliphatic heterocycles. The van der Waals surface area contributed by atoms with Gasteiger partial charge in [0.15, 0.2) is 0 Å². The number of nitrogens with zero attached hydrogens (tertiary/aromatic N) is 1. The van der Waals surface area contributed by atoms with E-state index in [1.54, 1.807) is 0 Å². The van der Waals surface area contributed by atoms with Crippen molar-refractivity contribution in [1.82, 2.24) is 4.90 Å². The summed E-state index contributed by atoms with van der Waals surface area (Å²) in [6, 6.07) is 0.0809. The van der Waals surface area contributed by atoms with E-state index in [0.29, 0.717) is 5.92 Å². The van der Waals surface area contributed by atoms with Crippen LogP contribution in [0.15, 0.2) is 0 Å². The molecule has 0 aromatic heterocycles. The summed E-state index contributed by atoms with van der Waals surface area (Å²) in [6.45, 7) is 10.4. The minimum atomic E-state index is 0.0809. The molecule has 3 heteroatoms. The SMILES string of the molecule is CCN(CC(C)C)C(C)C(=N)N. The summed E-state index contributed by atoms with van der Waals surface area (Å²) in [5.74, 6) is 0.893. The molecule has 0 bridgehead atoms. The largest absolute Gasteiger partial charge is 0.386 e. The van der Waals surface area contributed by atoms with E-state index in [4.69, 9.17) is 11.1 Å². The molecule has 0 aliphatic carbocycles. The summed E-state index contributed by atoms with van der Waals surface area (Å²) in [5.41, 5.74) is 5.43. The van der Waals surface area contributed by atoms with Gasteiger partial charge in [0, 0.05) is 6.54 Å². The summed E-state index contributed by atoms with van der Waals surface area (Å²) >= 11 is 0. The minimum absolute atomic E-state index is 0.0809. The normalized spacial score (nSPS) is 13.8. The highest BCUT2D eigenvalue weighted by molar-refractivity contribution is 5.82. The van der Waals surface area contributed by atoms with Crippen LogP contribution in [0.2, 0.25) is 0 Å². The van der Waals surface area contributed by atoms with E-state index in [-0.39, 0.29) is 11.9 Å². The van der Waals surface area contributed by atoms with Crippen LogP contribution < -0.4 is 5.73 Å². The summed E-state index contributed by atoms with van der Waals surface area (Å²) in [4.78, 5) is 2.22. The van der Waals surface area contributed by atoms with Crippen molar-refractivity contribution in [3.63, 3.8) is 0 Å². The third-order valence-corrected chi connectivity index (χ3v) is 2.00. The first-order valence-electron chi connectivity index (χ1n) is 4.57. The molecule has 1 atom stereocenters. The average molecular weight is 171 g/mol. The van der Waals surface area contributed by atoms with E-state index in [0.717, 1.165) is 13.1 Å². The second-order valence-electron chi connectivity index (χ2n) is 3.61. The Hall–Kier alpha value is -0.570. The van der Waals surface area contributed by atoms with Crippen LogP contribution in [0.25, 0.3) is 0 Å². The minimum Gasteiger partial charge on any atom is -0.386 e. The Kier molecular flexibility index (Phi) is 4.90. The molecule has 0 rings (SSSR count). The van der Waals surface area contributed by atoms with Gasteiger partial charge in [0.1, 0.15) is 5.84 Å². The summed E-state index contributed by atoms with van der Waals surface area (Å²) in [7, 11) is 0. The average Bonchev–Trinajstić information content (AvgIpc) is 1.98. The van der Waals surface area contributed by atoms with Crippen LogP contribution in [0.5, 0.6) is 0 Å². The van der Waals surface area contributed by atoms with Gasteiger partial charge in [-0.25, -0.2) is 0 Å². The van der Waals surface area contributed by atoms with Crippen LogP contribution in [0.3, 0.4) is 0 Å². The standard InChI is InChI=1S/C9H21N3/c1-5-12(6-7(2)3)8(4)9(10)11/h7-8H,5-6H2,1-4H3,(H3,10,11). The molecule has 0 heterocycles. The van der Waals surface area contributed by atoms with Crippen molar-refractivity contribution < 1.29 is 0 Å². The van der Waals surface area contributed by atoms with Crippen LogP contribution in [-0.2, 0) is 0 Å². The van der Waals surface area contributed by atoms with Crippen LogP contribution in [0, 0.1) is 11.3 Å². The molecule has 72 valence electrons. The number of hydrogen-bond acceptors (Lipinski definition) is 2. The van der Waals surface area contributed by atoms with Gasteiger partial charge in [-0.3, -0.25) is 10.3 Å². The van der Waals surface area contributed by atoms with Crippen LogP contribution in [0.1, 0.15) is 27.7 Å². The van der Waals surface area contributed by atoms with E-state index >= 15 is 0 Å². The third kappa shape index (κ3) is 3.72. The number of nitrogens with one attached hydrogen (secondary N) is 1. The zero-order chi connectivity index (χ0) is 9.72. The summed E-state index contributed by atoms with van der Waals surface area (Å²) in [6.07, 6.45) is 0. The van der Waals surface area contributed by atoms with Crippen molar-refractivity contribution >= 4 is 5.84 Å². The smallest absolute Gasteiger partial charge is 0.108 e. The van der Waals surface area contributed by atoms with Gasteiger partial charge in [-0.1, -0.05) is 20.8 Å². The van der Waals surface area contributed by atoms with Crippen molar-refractivity contribution in [2.45, 2.75) is 33.7 Å². The second kappa shape index (κ2) is 5.14. The van der Waals surface area contributed by atoms with Crippen molar-refractivity contribution in [2.24, 2.45) is 11.7 Å². The lowest BCUT2D eigenvalue weighted by Crippen LogP contribution is -2.43. The number of rotatable bonds is 5. The molecular weight excluding hydrogens is 150 g/mol. The number of likely N-dealkylation sites (N-methyl/N-ethyl adjacent to an activating group) is 1. The Labute approximate surface area is 75.4 Å². The van der Waals surface area contributed by atoms with Crippen LogP contribution in [-0.4, -0.2) is 29.9 Å². The van der Waals surface area contributed by atoms with Crippen LogP contribution in [0.4, 0.5) is 0 Å². The van der Waals surface area contributed by atoms with Gasteiger partial charge in [-0.2, -0.15) is 0 Å². The number of hydrogen-bond donors (Lipinski definition) is 2. The van der Waals surface area contributed by atoms with Crippen molar-refractivity contribution in [2.75, 3.05) is 13.1 Å². The maximum atomic E-state index is 7.31. The number of amidine groups is 1. The lowest BCUT2D eigenvalue weighted by molar-refractivity contribution is 0.236. The molecule has 3 N–H and O–H groups in total. The Morgan fingerprint density at radius 3 is 2.17 bits per heavy atom. The van der Waals surface area contributed by atoms with E-state index in [9.17, 15) is 0 Å². The fourth-order valence-electron chi connectivity index (χ4n) is 1.23. The fraction of sp³-hybridized carbons (Fsp3) is 0.889. The highest BCUT2D eigenvalue weighted by atomic mass is 15.2. The third-order valence-electron chi connectivity index (χ3n) is 2.00.